The largest absolute Gasteiger partial charge is 0.497 e. The molecule has 164 valence electrons. The lowest BCUT2D eigenvalue weighted by Crippen LogP contribution is -2.20. The second-order valence-electron chi connectivity index (χ2n) is 7.27. The first kappa shape index (κ1) is 20.3. The van der Waals surface area contributed by atoms with Crippen LogP contribution in [0.3, 0.4) is 0 Å². The van der Waals surface area contributed by atoms with Gasteiger partial charge in [0.15, 0.2) is 5.69 Å². The highest BCUT2D eigenvalue weighted by Gasteiger charge is 2.31. The summed E-state index contributed by atoms with van der Waals surface area (Å²) in [6, 6.07) is 12.4. The van der Waals surface area contributed by atoms with E-state index in [9.17, 15) is 13.2 Å². The Morgan fingerprint density at radius 1 is 1.12 bits per heavy atom. The number of alkyl halides is 3. The molecule has 0 fully saturated rings. The Labute approximate surface area is 180 Å². The summed E-state index contributed by atoms with van der Waals surface area (Å²) in [5.41, 5.74) is 1.65. The van der Waals surface area contributed by atoms with Crippen LogP contribution in [0.15, 0.2) is 59.4 Å². The van der Waals surface area contributed by atoms with E-state index in [2.05, 4.69) is 15.1 Å². The summed E-state index contributed by atoms with van der Waals surface area (Å²) in [5, 5.41) is 3.84. The number of halogens is 3. The van der Waals surface area contributed by atoms with Gasteiger partial charge in [-0.15, -0.1) is 0 Å². The predicted molar refractivity (Wildman–Crippen MR) is 106 cm³/mol. The number of methoxy groups -OCH3 is 1. The third-order valence-electron chi connectivity index (χ3n) is 5.29. The van der Waals surface area contributed by atoms with Crippen molar-refractivity contribution in [2.24, 2.45) is 0 Å². The number of rotatable bonds is 4. The van der Waals surface area contributed by atoms with Crippen molar-refractivity contribution in [1.82, 2.24) is 19.7 Å². The summed E-state index contributed by atoms with van der Waals surface area (Å²) in [4.78, 5) is 8.63. The fourth-order valence-corrected chi connectivity index (χ4v) is 3.60. The van der Waals surface area contributed by atoms with Gasteiger partial charge < -0.3 is 18.6 Å². The molecule has 4 aromatic rings. The van der Waals surface area contributed by atoms with Crippen molar-refractivity contribution in [3.63, 3.8) is 0 Å². The minimum absolute atomic E-state index is 0.0562. The van der Waals surface area contributed by atoms with Crippen LogP contribution in [0.4, 0.5) is 13.2 Å². The first-order chi connectivity index (χ1) is 15.4. The quantitative estimate of drug-likeness (QED) is 0.448. The highest BCUT2D eigenvalue weighted by Crippen LogP contribution is 2.34. The number of imidazole rings is 1. The molecule has 2 aromatic heterocycles. The molecule has 0 saturated carbocycles. The molecule has 0 spiro atoms. The van der Waals surface area contributed by atoms with Crippen LogP contribution in [0.5, 0.6) is 5.75 Å². The zero-order valence-electron chi connectivity index (χ0n) is 16.8. The first-order valence-electron chi connectivity index (χ1n) is 9.73. The summed E-state index contributed by atoms with van der Waals surface area (Å²) in [5.74, 6) is 0.946. The van der Waals surface area contributed by atoms with Crippen molar-refractivity contribution in [2.45, 2.75) is 25.4 Å². The molecular weight excluding hydrogens is 425 g/mol. The van der Waals surface area contributed by atoms with Crippen molar-refractivity contribution in [1.29, 1.82) is 0 Å². The maximum atomic E-state index is 13.0. The molecule has 0 unspecified atom stereocenters. The number of hydrogen-bond donors (Lipinski definition) is 0. The van der Waals surface area contributed by atoms with Gasteiger partial charge in [-0.25, -0.2) is 4.98 Å². The minimum Gasteiger partial charge on any atom is -0.497 e. The van der Waals surface area contributed by atoms with E-state index in [4.69, 9.17) is 14.0 Å². The van der Waals surface area contributed by atoms with Crippen LogP contribution >= 0.6 is 0 Å². The van der Waals surface area contributed by atoms with Crippen LogP contribution in [0.1, 0.15) is 22.9 Å². The Bertz CT molecular complexity index is 1250. The molecule has 7 nitrogen and oxygen atoms in total. The Hall–Kier alpha value is -3.66. The summed E-state index contributed by atoms with van der Waals surface area (Å²) in [6.45, 7) is 0.816. The van der Waals surface area contributed by atoms with Crippen LogP contribution in [-0.4, -0.2) is 26.8 Å². The molecule has 5 rings (SSSR count). The predicted octanol–water partition coefficient (Wildman–Crippen LogP) is 4.90. The van der Waals surface area contributed by atoms with Gasteiger partial charge in [-0.2, -0.15) is 18.2 Å². The van der Waals surface area contributed by atoms with E-state index < -0.39 is 11.7 Å². The van der Waals surface area contributed by atoms with Gasteiger partial charge in [-0.3, -0.25) is 0 Å². The Morgan fingerprint density at radius 3 is 2.69 bits per heavy atom. The number of fused-ring (bicyclic) bond motifs is 1. The summed E-state index contributed by atoms with van der Waals surface area (Å²) in [6.07, 6.45) is -2.94. The third-order valence-corrected chi connectivity index (χ3v) is 5.29. The van der Waals surface area contributed by atoms with Crippen molar-refractivity contribution >= 4 is 0 Å². The van der Waals surface area contributed by atoms with Gasteiger partial charge in [-0.05, 0) is 29.8 Å². The molecule has 1 aliphatic rings. The average Bonchev–Trinajstić information content (AvgIpc) is 3.45. The van der Waals surface area contributed by atoms with Gasteiger partial charge in [0.25, 0.3) is 5.89 Å². The zero-order chi connectivity index (χ0) is 22.3. The van der Waals surface area contributed by atoms with Gasteiger partial charge in [0, 0.05) is 5.56 Å². The topological polar surface area (TPSA) is 75.2 Å². The van der Waals surface area contributed by atoms with Crippen LogP contribution in [0.2, 0.25) is 0 Å². The summed E-state index contributed by atoms with van der Waals surface area (Å²) in [7, 11) is 1.61. The minimum atomic E-state index is -4.46. The van der Waals surface area contributed by atoms with Gasteiger partial charge in [0.1, 0.15) is 11.9 Å². The molecule has 0 radical (unpaired) electrons. The van der Waals surface area contributed by atoms with Crippen molar-refractivity contribution in [3.8, 4) is 28.7 Å². The number of hydrogen-bond acceptors (Lipinski definition) is 6. The van der Waals surface area contributed by atoms with Crippen LogP contribution in [-0.2, 0) is 24.1 Å². The van der Waals surface area contributed by atoms with Crippen molar-refractivity contribution < 1.29 is 27.2 Å². The SMILES string of the molecule is COc1ccc([C@@H]2Cn3cnc(-c4nc(-c5cccc(C(F)(F)F)c5)no4)c3CO2)cc1. The van der Waals surface area contributed by atoms with Crippen LogP contribution in [0.25, 0.3) is 23.0 Å². The van der Waals surface area contributed by atoms with E-state index in [1.807, 2.05) is 28.8 Å². The third kappa shape index (κ3) is 3.73. The number of aromatic nitrogens is 4. The average molecular weight is 442 g/mol. The maximum Gasteiger partial charge on any atom is 0.416 e. The molecule has 0 bridgehead atoms. The maximum absolute atomic E-state index is 13.0. The van der Waals surface area contributed by atoms with Gasteiger partial charge in [0.05, 0.1) is 37.8 Å². The summed E-state index contributed by atoms with van der Waals surface area (Å²) >= 11 is 0. The zero-order valence-corrected chi connectivity index (χ0v) is 16.8. The second-order valence-corrected chi connectivity index (χ2v) is 7.27. The number of ether oxygens (including phenoxy) is 2. The molecule has 2 aromatic carbocycles. The molecule has 3 heterocycles. The normalized spacial score (nSPS) is 16.1. The first-order valence-corrected chi connectivity index (χ1v) is 9.73. The highest BCUT2D eigenvalue weighted by molar-refractivity contribution is 5.60. The Kier molecular flexibility index (Phi) is 4.93. The van der Waals surface area contributed by atoms with Gasteiger partial charge in [-0.1, -0.05) is 29.4 Å². The monoisotopic (exact) mass is 442 g/mol. The fraction of sp³-hybridized carbons (Fsp3) is 0.227. The molecule has 0 saturated heterocycles. The van der Waals surface area contributed by atoms with Crippen molar-refractivity contribution in [2.75, 3.05) is 7.11 Å². The Morgan fingerprint density at radius 2 is 1.94 bits per heavy atom. The van der Waals surface area contributed by atoms with Crippen molar-refractivity contribution in [3.05, 3.63) is 71.7 Å². The van der Waals surface area contributed by atoms with E-state index in [0.29, 0.717) is 12.2 Å². The standard InChI is InChI=1S/C22H17F3N4O3/c1-30-16-7-5-13(6-8-16)18-10-29-12-26-19(17(29)11-31-18)21-27-20(28-32-21)14-3-2-4-15(9-14)22(23,24)25/h2-9,12,18H,10-11H2,1H3/t18-/m0/s1. The van der Waals surface area contributed by atoms with E-state index in [0.717, 1.165) is 29.1 Å². The molecule has 1 atom stereocenters. The molecule has 1 aliphatic heterocycles. The molecule has 0 N–H and O–H groups in total. The summed E-state index contributed by atoms with van der Waals surface area (Å²) < 4.78 is 57.4. The lowest BCUT2D eigenvalue weighted by atomic mass is 10.1. The Balaban J connectivity index is 1.38. The van der Waals surface area contributed by atoms with E-state index in [1.54, 1.807) is 13.4 Å². The lowest BCUT2D eigenvalue weighted by molar-refractivity contribution is -0.137. The van der Waals surface area contributed by atoms with E-state index >= 15 is 0 Å². The highest BCUT2D eigenvalue weighted by atomic mass is 19.4. The van der Waals surface area contributed by atoms with Crippen LogP contribution < -0.4 is 4.74 Å². The van der Waals surface area contributed by atoms with E-state index in [-0.39, 0.29) is 30.0 Å². The van der Waals surface area contributed by atoms with E-state index in [1.165, 1.54) is 12.1 Å². The second kappa shape index (κ2) is 7.79. The molecule has 0 amide bonds. The molecule has 32 heavy (non-hydrogen) atoms. The molecule has 0 aliphatic carbocycles. The number of benzene rings is 2. The van der Waals surface area contributed by atoms with Crippen LogP contribution in [0, 0.1) is 0 Å². The number of nitrogens with zero attached hydrogens (tertiary/aromatic N) is 4. The fourth-order valence-electron chi connectivity index (χ4n) is 3.60. The lowest BCUT2D eigenvalue weighted by Gasteiger charge is -2.25. The smallest absolute Gasteiger partial charge is 0.416 e. The van der Waals surface area contributed by atoms with Gasteiger partial charge >= 0.3 is 6.18 Å². The molecule has 10 heteroatoms. The van der Waals surface area contributed by atoms with Gasteiger partial charge in [0.2, 0.25) is 5.82 Å². The molecular formula is C22H17F3N4O3.